The molecule has 1 N–H and O–H groups in total. The van der Waals surface area contributed by atoms with Crippen molar-refractivity contribution >= 4 is 5.69 Å². The van der Waals surface area contributed by atoms with Crippen LogP contribution in [0.1, 0.15) is 22.3 Å². The highest BCUT2D eigenvalue weighted by atomic mass is 14.9. The fourth-order valence-electron chi connectivity index (χ4n) is 2.15. The summed E-state index contributed by atoms with van der Waals surface area (Å²) in [6.45, 7) is 5.11. The van der Waals surface area contributed by atoms with Crippen LogP contribution in [0.5, 0.6) is 0 Å². The molecule has 2 aromatic carbocycles. The number of rotatable bonds is 4. The molecule has 0 aliphatic rings. The Morgan fingerprint density at radius 1 is 1.00 bits per heavy atom. The number of anilines is 1. The van der Waals surface area contributed by atoms with Crippen LogP contribution < -0.4 is 5.32 Å². The van der Waals surface area contributed by atoms with Gasteiger partial charge in [-0.25, -0.2) is 0 Å². The molecule has 0 radical (unpaired) electrons. The molecule has 0 saturated heterocycles. The van der Waals surface area contributed by atoms with Gasteiger partial charge in [-0.2, -0.15) is 5.26 Å². The molecule has 0 aliphatic carbocycles. The van der Waals surface area contributed by atoms with Crippen molar-refractivity contribution in [1.29, 1.82) is 5.26 Å². The summed E-state index contributed by atoms with van der Waals surface area (Å²) in [5.74, 6) is 0. The van der Waals surface area contributed by atoms with Crippen LogP contribution in [0.15, 0.2) is 42.5 Å². The second-order valence-corrected chi connectivity index (χ2v) is 4.76. The molecule has 2 nitrogen and oxygen atoms in total. The molecule has 0 saturated carbocycles. The Morgan fingerprint density at radius 3 is 2.21 bits per heavy atom. The van der Waals surface area contributed by atoms with Gasteiger partial charge in [-0.15, -0.1) is 0 Å². The van der Waals surface area contributed by atoms with Crippen molar-refractivity contribution in [2.24, 2.45) is 0 Å². The van der Waals surface area contributed by atoms with E-state index in [1.807, 2.05) is 24.3 Å². The van der Waals surface area contributed by atoms with Crippen LogP contribution in [-0.2, 0) is 13.0 Å². The number of nitrogens with one attached hydrogen (secondary N) is 1. The predicted octanol–water partition coefficient (Wildman–Crippen LogP) is 3.98. The normalized spacial score (nSPS) is 9.95. The molecule has 0 aromatic heterocycles. The van der Waals surface area contributed by atoms with E-state index >= 15 is 0 Å². The van der Waals surface area contributed by atoms with E-state index in [0.717, 1.165) is 17.8 Å². The van der Waals surface area contributed by atoms with Crippen LogP contribution in [0, 0.1) is 25.2 Å². The zero-order valence-corrected chi connectivity index (χ0v) is 11.4. The van der Waals surface area contributed by atoms with Crippen molar-refractivity contribution in [2.45, 2.75) is 26.8 Å². The van der Waals surface area contributed by atoms with Gasteiger partial charge in [0.25, 0.3) is 0 Å². The lowest BCUT2D eigenvalue weighted by atomic mass is 10.0. The van der Waals surface area contributed by atoms with E-state index in [0.29, 0.717) is 6.42 Å². The molecule has 0 aliphatic heterocycles. The van der Waals surface area contributed by atoms with Gasteiger partial charge in [0.05, 0.1) is 12.5 Å². The largest absolute Gasteiger partial charge is 0.381 e. The fraction of sp³-hybridized carbons (Fsp3) is 0.235. The lowest BCUT2D eigenvalue weighted by Gasteiger charge is -2.12. The van der Waals surface area contributed by atoms with E-state index in [1.165, 1.54) is 16.7 Å². The van der Waals surface area contributed by atoms with Crippen LogP contribution >= 0.6 is 0 Å². The summed E-state index contributed by atoms with van der Waals surface area (Å²) in [5, 5.41) is 12.1. The number of benzene rings is 2. The van der Waals surface area contributed by atoms with Crippen LogP contribution in [0.3, 0.4) is 0 Å². The SMILES string of the molecule is Cc1cccc(C)c1CNc1ccc(CC#N)cc1. The third kappa shape index (κ3) is 3.35. The number of nitrogens with zero attached hydrogens (tertiary/aromatic N) is 1. The van der Waals surface area contributed by atoms with E-state index in [9.17, 15) is 0 Å². The van der Waals surface area contributed by atoms with Crippen molar-refractivity contribution in [3.05, 3.63) is 64.7 Å². The highest BCUT2D eigenvalue weighted by molar-refractivity contribution is 5.47. The van der Waals surface area contributed by atoms with Gasteiger partial charge in [0, 0.05) is 12.2 Å². The van der Waals surface area contributed by atoms with Gasteiger partial charge in [0.15, 0.2) is 0 Å². The quantitative estimate of drug-likeness (QED) is 0.890. The van der Waals surface area contributed by atoms with Crippen molar-refractivity contribution in [3.8, 4) is 6.07 Å². The lowest BCUT2D eigenvalue weighted by Crippen LogP contribution is -2.03. The Hall–Kier alpha value is -2.27. The van der Waals surface area contributed by atoms with Crippen LogP contribution in [0.25, 0.3) is 0 Å². The topological polar surface area (TPSA) is 35.8 Å². The molecule has 19 heavy (non-hydrogen) atoms. The zero-order valence-electron chi connectivity index (χ0n) is 11.4. The summed E-state index contributed by atoms with van der Waals surface area (Å²) < 4.78 is 0. The second-order valence-electron chi connectivity index (χ2n) is 4.76. The van der Waals surface area contributed by atoms with Gasteiger partial charge < -0.3 is 5.32 Å². The summed E-state index contributed by atoms with van der Waals surface area (Å²) in [6.07, 6.45) is 0.469. The van der Waals surface area contributed by atoms with Gasteiger partial charge in [-0.1, -0.05) is 30.3 Å². The van der Waals surface area contributed by atoms with E-state index in [-0.39, 0.29) is 0 Å². The van der Waals surface area contributed by atoms with E-state index in [2.05, 4.69) is 43.4 Å². The molecule has 2 heteroatoms. The Morgan fingerprint density at radius 2 is 1.63 bits per heavy atom. The molecule has 0 atom stereocenters. The maximum absolute atomic E-state index is 8.64. The lowest BCUT2D eigenvalue weighted by molar-refractivity contribution is 1.09. The first-order chi connectivity index (χ1) is 9.20. The average molecular weight is 250 g/mol. The molecule has 0 heterocycles. The number of aryl methyl sites for hydroxylation is 2. The molecule has 0 bridgehead atoms. The zero-order chi connectivity index (χ0) is 13.7. The Bertz CT molecular complexity index is 571. The molecule has 0 fully saturated rings. The molecule has 0 amide bonds. The molecule has 2 aromatic rings. The highest BCUT2D eigenvalue weighted by Crippen LogP contribution is 2.16. The summed E-state index contributed by atoms with van der Waals surface area (Å²) >= 11 is 0. The van der Waals surface area contributed by atoms with Gasteiger partial charge in [0.2, 0.25) is 0 Å². The molecule has 96 valence electrons. The summed E-state index contributed by atoms with van der Waals surface area (Å²) in [5.41, 5.74) is 6.12. The van der Waals surface area contributed by atoms with Gasteiger partial charge >= 0.3 is 0 Å². The maximum atomic E-state index is 8.64. The highest BCUT2D eigenvalue weighted by Gasteiger charge is 2.01. The standard InChI is InChI=1S/C17H18N2/c1-13-4-3-5-14(2)17(13)12-19-16-8-6-15(7-9-16)10-11-18/h3-9,19H,10,12H2,1-2H3. The second kappa shape index (κ2) is 6.06. The smallest absolute Gasteiger partial charge is 0.0669 e. The van der Waals surface area contributed by atoms with Crippen molar-refractivity contribution in [2.75, 3.05) is 5.32 Å². The summed E-state index contributed by atoms with van der Waals surface area (Å²) in [4.78, 5) is 0. The Labute approximate surface area is 114 Å². The van der Waals surface area contributed by atoms with Crippen LogP contribution in [0.4, 0.5) is 5.69 Å². The monoisotopic (exact) mass is 250 g/mol. The molecule has 0 unspecified atom stereocenters. The third-order valence-electron chi connectivity index (χ3n) is 3.35. The Balaban J connectivity index is 2.04. The minimum Gasteiger partial charge on any atom is -0.381 e. The van der Waals surface area contributed by atoms with E-state index in [4.69, 9.17) is 5.26 Å². The minimum atomic E-state index is 0.469. The predicted molar refractivity (Wildman–Crippen MR) is 79.0 cm³/mol. The average Bonchev–Trinajstić information content (AvgIpc) is 2.40. The van der Waals surface area contributed by atoms with Gasteiger partial charge in [-0.3, -0.25) is 0 Å². The fourth-order valence-corrected chi connectivity index (χ4v) is 2.15. The Kier molecular flexibility index (Phi) is 4.20. The summed E-state index contributed by atoms with van der Waals surface area (Å²) in [6, 6.07) is 16.6. The van der Waals surface area contributed by atoms with E-state index < -0.39 is 0 Å². The van der Waals surface area contributed by atoms with Crippen LogP contribution in [0.2, 0.25) is 0 Å². The number of hydrogen-bond donors (Lipinski definition) is 1. The minimum absolute atomic E-state index is 0.469. The molecule has 0 spiro atoms. The first-order valence-electron chi connectivity index (χ1n) is 6.45. The van der Waals surface area contributed by atoms with Crippen molar-refractivity contribution in [1.82, 2.24) is 0 Å². The molecular formula is C17H18N2. The van der Waals surface area contributed by atoms with Crippen molar-refractivity contribution < 1.29 is 0 Å². The first kappa shape index (κ1) is 13.2. The number of hydrogen-bond acceptors (Lipinski definition) is 2. The molecule has 2 rings (SSSR count). The van der Waals surface area contributed by atoms with Gasteiger partial charge in [-0.05, 0) is 48.2 Å². The number of nitriles is 1. The third-order valence-corrected chi connectivity index (χ3v) is 3.35. The van der Waals surface area contributed by atoms with Crippen molar-refractivity contribution in [3.63, 3.8) is 0 Å². The van der Waals surface area contributed by atoms with Crippen LogP contribution in [-0.4, -0.2) is 0 Å². The van der Waals surface area contributed by atoms with E-state index in [1.54, 1.807) is 0 Å². The van der Waals surface area contributed by atoms with Gasteiger partial charge in [0.1, 0.15) is 0 Å². The maximum Gasteiger partial charge on any atom is 0.0669 e. The molecular weight excluding hydrogens is 232 g/mol. The first-order valence-corrected chi connectivity index (χ1v) is 6.45. The summed E-state index contributed by atoms with van der Waals surface area (Å²) in [7, 11) is 0.